The Bertz CT molecular complexity index is 224. The number of allylic oxidation sites excluding steroid dienone is 2. The second-order valence-corrected chi connectivity index (χ2v) is 3.21. The molecular weight excluding hydrogens is 140 g/mol. The van der Waals surface area contributed by atoms with Gasteiger partial charge in [0.05, 0.1) is 0 Å². The highest BCUT2D eigenvalue weighted by molar-refractivity contribution is 5.30. The maximum Gasteiger partial charge on any atom is 0.192 e. The fourth-order valence-electron chi connectivity index (χ4n) is 1.18. The molecule has 1 atom stereocenters. The van der Waals surface area contributed by atoms with E-state index < -0.39 is 5.79 Å². The van der Waals surface area contributed by atoms with Crippen LogP contribution in [0.1, 0.15) is 20.8 Å². The summed E-state index contributed by atoms with van der Waals surface area (Å²) >= 11 is 0. The summed E-state index contributed by atoms with van der Waals surface area (Å²) in [4.78, 5) is 0. The van der Waals surface area contributed by atoms with Gasteiger partial charge in [-0.1, -0.05) is 24.6 Å². The lowest BCUT2D eigenvalue weighted by Crippen LogP contribution is -2.39. The Labute approximate surface area is 66.9 Å². The van der Waals surface area contributed by atoms with Crippen LogP contribution in [0.15, 0.2) is 23.3 Å². The zero-order chi connectivity index (χ0) is 8.65. The van der Waals surface area contributed by atoms with Gasteiger partial charge in [-0.3, -0.25) is 0 Å². The highest BCUT2D eigenvalue weighted by Gasteiger charge is 2.35. The number of rotatable bonds is 0. The molecule has 1 rings (SSSR count). The molecule has 0 heterocycles. The average molecular weight is 154 g/mol. The minimum atomic E-state index is -1.64. The molecule has 2 N–H and O–H groups in total. The molecular formula is C9H14O2. The van der Waals surface area contributed by atoms with Gasteiger partial charge in [-0.25, -0.2) is 0 Å². The SMILES string of the molecule is CC1=CC=C(C)C(O)(O)C1C. The molecule has 0 spiro atoms. The second kappa shape index (κ2) is 2.47. The molecule has 1 aliphatic rings. The Kier molecular flexibility index (Phi) is 1.90. The van der Waals surface area contributed by atoms with Crippen LogP contribution in [-0.2, 0) is 0 Å². The molecule has 0 fully saturated rings. The van der Waals surface area contributed by atoms with E-state index in [2.05, 4.69) is 0 Å². The van der Waals surface area contributed by atoms with Crippen LogP contribution in [0.25, 0.3) is 0 Å². The maximum atomic E-state index is 9.53. The summed E-state index contributed by atoms with van der Waals surface area (Å²) in [7, 11) is 0. The van der Waals surface area contributed by atoms with Crippen LogP contribution in [0.5, 0.6) is 0 Å². The first-order chi connectivity index (χ1) is 4.96. The van der Waals surface area contributed by atoms with E-state index in [9.17, 15) is 10.2 Å². The van der Waals surface area contributed by atoms with E-state index in [0.717, 1.165) is 5.57 Å². The molecule has 2 heteroatoms. The Balaban J connectivity index is 3.03. The van der Waals surface area contributed by atoms with Crippen molar-refractivity contribution in [1.29, 1.82) is 0 Å². The lowest BCUT2D eigenvalue weighted by Gasteiger charge is -2.32. The molecule has 0 saturated heterocycles. The predicted molar refractivity (Wildman–Crippen MR) is 43.8 cm³/mol. The van der Waals surface area contributed by atoms with E-state index in [0.29, 0.717) is 5.57 Å². The highest BCUT2D eigenvalue weighted by Crippen LogP contribution is 2.32. The summed E-state index contributed by atoms with van der Waals surface area (Å²) in [5.74, 6) is -1.84. The van der Waals surface area contributed by atoms with Crippen LogP contribution < -0.4 is 0 Å². The lowest BCUT2D eigenvalue weighted by atomic mass is 9.84. The Morgan fingerprint density at radius 2 is 1.82 bits per heavy atom. The van der Waals surface area contributed by atoms with Crippen LogP contribution in [-0.4, -0.2) is 16.0 Å². The van der Waals surface area contributed by atoms with Gasteiger partial charge in [0.2, 0.25) is 0 Å². The minimum Gasteiger partial charge on any atom is -0.362 e. The van der Waals surface area contributed by atoms with Crippen molar-refractivity contribution < 1.29 is 10.2 Å². The standard InChI is InChI=1S/C9H14O2/c1-6-4-5-7(2)9(10,11)8(6)3/h4-5,8,10-11H,1-3H3. The Hall–Kier alpha value is -0.600. The Morgan fingerprint density at radius 1 is 1.27 bits per heavy atom. The van der Waals surface area contributed by atoms with Crippen LogP contribution in [0, 0.1) is 5.92 Å². The third-order valence-electron chi connectivity index (χ3n) is 2.46. The van der Waals surface area contributed by atoms with Crippen molar-refractivity contribution in [2.24, 2.45) is 5.92 Å². The average Bonchev–Trinajstić information content (AvgIpc) is 1.95. The van der Waals surface area contributed by atoms with E-state index in [4.69, 9.17) is 0 Å². The summed E-state index contributed by atoms with van der Waals surface area (Å²) in [6.07, 6.45) is 3.67. The molecule has 0 aromatic rings. The fraction of sp³-hybridized carbons (Fsp3) is 0.556. The zero-order valence-electron chi connectivity index (χ0n) is 7.13. The molecule has 0 aromatic carbocycles. The van der Waals surface area contributed by atoms with Gasteiger partial charge in [0.25, 0.3) is 0 Å². The van der Waals surface area contributed by atoms with Gasteiger partial charge in [0.1, 0.15) is 0 Å². The molecule has 62 valence electrons. The molecule has 11 heavy (non-hydrogen) atoms. The van der Waals surface area contributed by atoms with E-state index >= 15 is 0 Å². The van der Waals surface area contributed by atoms with E-state index in [1.165, 1.54) is 0 Å². The quantitative estimate of drug-likeness (QED) is 0.515. The third kappa shape index (κ3) is 1.24. The van der Waals surface area contributed by atoms with Crippen molar-refractivity contribution >= 4 is 0 Å². The van der Waals surface area contributed by atoms with E-state index in [-0.39, 0.29) is 5.92 Å². The predicted octanol–water partition coefficient (Wildman–Crippen LogP) is 1.21. The van der Waals surface area contributed by atoms with Crippen molar-refractivity contribution in [1.82, 2.24) is 0 Å². The van der Waals surface area contributed by atoms with Gasteiger partial charge in [-0.15, -0.1) is 0 Å². The van der Waals surface area contributed by atoms with Gasteiger partial charge >= 0.3 is 0 Å². The van der Waals surface area contributed by atoms with Gasteiger partial charge in [-0.05, 0) is 19.4 Å². The van der Waals surface area contributed by atoms with Gasteiger partial charge < -0.3 is 10.2 Å². The minimum absolute atomic E-state index is 0.201. The fourth-order valence-corrected chi connectivity index (χ4v) is 1.18. The van der Waals surface area contributed by atoms with Crippen LogP contribution in [0.2, 0.25) is 0 Å². The summed E-state index contributed by atoms with van der Waals surface area (Å²) < 4.78 is 0. The van der Waals surface area contributed by atoms with E-state index in [1.807, 2.05) is 19.9 Å². The number of hydrogen-bond donors (Lipinski definition) is 2. The van der Waals surface area contributed by atoms with Crippen molar-refractivity contribution in [3.8, 4) is 0 Å². The summed E-state index contributed by atoms with van der Waals surface area (Å²) in [6.45, 7) is 5.43. The second-order valence-electron chi connectivity index (χ2n) is 3.21. The van der Waals surface area contributed by atoms with Crippen molar-refractivity contribution in [2.75, 3.05) is 0 Å². The van der Waals surface area contributed by atoms with Gasteiger partial charge in [0, 0.05) is 5.92 Å². The van der Waals surface area contributed by atoms with Crippen LogP contribution >= 0.6 is 0 Å². The first kappa shape index (κ1) is 8.50. The third-order valence-corrected chi connectivity index (χ3v) is 2.46. The summed E-state index contributed by atoms with van der Waals surface area (Å²) in [6, 6.07) is 0. The molecule has 1 unspecified atom stereocenters. The van der Waals surface area contributed by atoms with Crippen molar-refractivity contribution in [3.63, 3.8) is 0 Å². The molecule has 1 aliphatic carbocycles. The topological polar surface area (TPSA) is 40.5 Å². The highest BCUT2D eigenvalue weighted by atomic mass is 16.5. The molecule has 0 bridgehead atoms. The van der Waals surface area contributed by atoms with Crippen LogP contribution in [0.3, 0.4) is 0 Å². The van der Waals surface area contributed by atoms with Crippen molar-refractivity contribution in [2.45, 2.75) is 26.6 Å². The maximum absolute atomic E-state index is 9.53. The largest absolute Gasteiger partial charge is 0.362 e. The number of hydrogen-bond acceptors (Lipinski definition) is 2. The van der Waals surface area contributed by atoms with Crippen LogP contribution in [0.4, 0.5) is 0 Å². The lowest BCUT2D eigenvalue weighted by molar-refractivity contribution is -0.156. The van der Waals surface area contributed by atoms with Gasteiger partial charge in [0.15, 0.2) is 5.79 Å². The zero-order valence-corrected chi connectivity index (χ0v) is 7.13. The molecule has 0 amide bonds. The summed E-state index contributed by atoms with van der Waals surface area (Å²) in [5, 5.41) is 19.1. The molecule has 0 saturated carbocycles. The first-order valence-corrected chi connectivity index (χ1v) is 3.76. The smallest absolute Gasteiger partial charge is 0.192 e. The number of aliphatic hydroxyl groups is 2. The molecule has 0 radical (unpaired) electrons. The molecule has 0 aromatic heterocycles. The molecule has 0 aliphatic heterocycles. The Morgan fingerprint density at radius 3 is 2.27 bits per heavy atom. The first-order valence-electron chi connectivity index (χ1n) is 3.76. The van der Waals surface area contributed by atoms with E-state index in [1.54, 1.807) is 13.0 Å². The van der Waals surface area contributed by atoms with Gasteiger partial charge in [-0.2, -0.15) is 0 Å². The monoisotopic (exact) mass is 154 g/mol. The summed E-state index contributed by atoms with van der Waals surface area (Å²) in [5.41, 5.74) is 1.61. The normalized spacial score (nSPS) is 29.4. The molecule has 2 nitrogen and oxygen atoms in total. The van der Waals surface area contributed by atoms with Crippen molar-refractivity contribution in [3.05, 3.63) is 23.3 Å².